The lowest BCUT2D eigenvalue weighted by molar-refractivity contribution is 0.317. The Hall–Kier alpha value is -1.14. The van der Waals surface area contributed by atoms with Crippen LogP contribution in [-0.2, 0) is 12.8 Å². The lowest BCUT2D eigenvalue weighted by Crippen LogP contribution is -2.05. The molecule has 0 fully saturated rings. The van der Waals surface area contributed by atoms with Crippen LogP contribution in [-0.4, -0.2) is 12.4 Å². The minimum Gasteiger partial charge on any atom is -0.494 e. The molecule has 0 bridgehead atoms. The molecule has 0 aliphatic rings. The fourth-order valence-electron chi connectivity index (χ4n) is 2.05. The highest BCUT2D eigenvalue weighted by molar-refractivity contribution is 8.03. The maximum atomic E-state index is 8.60. The molecule has 1 unspecified atom stereocenters. The second-order valence-corrected chi connectivity index (χ2v) is 5.65. The number of hydrogen-bond acceptors (Lipinski definition) is 3. The smallest absolute Gasteiger partial charge is 0.133 e. The number of ether oxygens (including phenoxy) is 1. The van der Waals surface area contributed by atoms with E-state index in [1.54, 1.807) is 0 Å². The topological polar surface area (TPSA) is 33.0 Å². The zero-order valence-electron chi connectivity index (χ0n) is 12.1. The minimum atomic E-state index is 0.525. The first kappa shape index (κ1) is 15.9. The fourth-order valence-corrected chi connectivity index (χ4v) is 2.53. The van der Waals surface area contributed by atoms with Gasteiger partial charge in [-0.2, -0.15) is 5.26 Å². The molecular weight excluding hydrogens is 254 g/mol. The molecule has 0 aromatic heterocycles. The van der Waals surface area contributed by atoms with Crippen LogP contribution in [0.5, 0.6) is 5.75 Å². The molecule has 0 radical (unpaired) electrons. The quantitative estimate of drug-likeness (QED) is 0.659. The van der Waals surface area contributed by atoms with Crippen LogP contribution in [0.2, 0.25) is 0 Å². The van der Waals surface area contributed by atoms with Gasteiger partial charge in [-0.1, -0.05) is 26.8 Å². The standard InChI is InChI=1S/C16H23NOS/c1-4-8-18-16-7-6-15(14(5-2)10-16)9-13(3)11-19-12-17/h6-7,10,13H,4-5,8-9,11H2,1-3H3. The highest BCUT2D eigenvalue weighted by Crippen LogP contribution is 2.22. The SMILES string of the molecule is CCCOc1ccc(CC(C)CSC#N)c(CC)c1. The third-order valence-corrected chi connectivity index (χ3v) is 3.90. The van der Waals surface area contributed by atoms with E-state index < -0.39 is 0 Å². The number of aryl methyl sites for hydroxylation is 1. The predicted octanol–water partition coefficient (Wildman–Crippen LogP) is 4.43. The Morgan fingerprint density at radius 1 is 1.32 bits per heavy atom. The first-order valence-corrected chi connectivity index (χ1v) is 7.95. The summed E-state index contributed by atoms with van der Waals surface area (Å²) in [5.74, 6) is 2.40. The number of thiocyanates is 1. The average molecular weight is 277 g/mol. The lowest BCUT2D eigenvalue weighted by Gasteiger charge is -2.14. The molecule has 0 amide bonds. The molecule has 0 saturated heterocycles. The molecule has 1 atom stereocenters. The molecule has 104 valence electrons. The minimum absolute atomic E-state index is 0.525. The monoisotopic (exact) mass is 277 g/mol. The van der Waals surface area contributed by atoms with Crippen molar-refractivity contribution in [2.24, 2.45) is 5.92 Å². The number of nitriles is 1. The van der Waals surface area contributed by atoms with Crippen LogP contribution in [0.4, 0.5) is 0 Å². The van der Waals surface area contributed by atoms with Gasteiger partial charge < -0.3 is 4.74 Å². The van der Waals surface area contributed by atoms with E-state index in [1.165, 1.54) is 22.9 Å². The molecular formula is C16H23NOS. The molecule has 2 nitrogen and oxygen atoms in total. The largest absolute Gasteiger partial charge is 0.494 e. The van der Waals surface area contributed by atoms with Crippen LogP contribution in [0, 0.1) is 16.6 Å². The number of rotatable bonds is 8. The summed E-state index contributed by atoms with van der Waals surface area (Å²) in [4.78, 5) is 0. The molecule has 1 aromatic rings. The first-order valence-electron chi connectivity index (χ1n) is 6.96. The van der Waals surface area contributed by atoms with Crippen LogP contribution in [0.25, 0.3) is 0 Å². The Bertz CT molecular complexity index is 425. The molecule has 3 heteroatoms. The van der Waals surface area contributed by atoms with Gasteiger partial charge >= 0.3 is 0 Å². The van der Waals surface area contributed by atoms with E-state index in [0.29, 0.717) is 5.92 Å². The number of nitrogens with zero attached hydrogens (tertiary/aromatic N) is 1. The van der Waals surface area contributed by atoms with Crippen molar-refractivity contribution in [1.29, 1.82) is 5.26 Å². The van der Waals surface area contributed by atoms with Crippen LogP contribution in [0.15, 0.2) is 18.2 Å². The second-order valence-electron chi connectivity index (χ2n) is 4.84. The Balaban J connectivity index is 2.70. The van der Waals surface area contributed by atoms with Crippen LogP contribution in [0.1, 0.15) is 38.3 Å². The van der Waals surface area contributed by atoms with E-state index >= 15 is 0 Å². The van der Waals surface area contributed by atoms with Gasteiger partial charge in [-0.3, -0.25) is 0 Å². The summed E-state index contributed by atoms with van der Waals surface area (Å²) in [5.41, 5.74) is 2.75. The van der Waals surface area contributed by atoms with Gasteiger partial charge in [0.1, 0.15) is 11.2 Å². The van der Waals surface area contributed by atoms with Crippen molar-refractivity contribution in [3.63, 3.8) is 0 Å². The Kier molecular flexibility index (Phi) is 7.43. The van der Waals surface area contributed by atoms with Gasteiger partial charge in [0.05, 0.1) is 6.61 Å². The highest BCUT2D eigenvalue weighted by Gasteiger charge is 2.08. The summed E-state index contributed by atoms with van der Waals surface area (Å²) in [5, 5.41) is 10.7. The third-order valence-electron chi connectivity index (χ3n) is 3.03. The molecule has 0 aliphatic heterocycles. The molecule has 0 saturated carbocycles. The van der Waals surface area contributed by atoms with Crippen LogP contribution >= 0.6 is 11.8 Å². The maximum absolute atomic E-state index is 8.60. The molecule has 19 heavy (non-hydrogen) atoms. The Morgan fingerprint density at radius 2 is 2.11 bits per heavy atom. The normalized spacial score (nSPS) is 11.9. The third kappa shape index (κ3) is 5.57. The van der Waals surface area contributed by atoms with Gasteiger partial charge in [0.2, 0.25) is 0 Å². The van der Waals surface area contributed by atoms with Gasteiger partial charge in [0.15, 0.2) is 0 Å². The van der Waals surface area contributed by atoms with Crippen LogP contribution < -0.4 is 4.74 Å². The van der Waals surface area contributed by atoms with Crippen molar-refractivity contribution in [3.05, 3.63) is 29.3 Å². The molecule has 1 aromatic carbocycles. The van der Waals surface area contributed by atoms with Gasteiger partial charge in [-0.15, -0.1) is 0 Å². The zero-order chi connectivity index (χ0) is 14.1. The molecule has 0 heterocycles. The van der Waals surface area contributed by atoms with Crippen molar-refractivity contribution in [3.8, 4) is 11.2 Å². The van der Waals surface area contributed by atoms with Gasteiger partial charge in [0.25, 0.3) is 0 Å². The molecule has 0 N–H and O–H groups in total. The number of thioether (sulfide) groups is 1. The number of hydrogen-bond donors (Lipinski definition) is 0. The second kappa shape index (κ2) is 8.87. The molecule has 0 spiro atoms. The predicted molar refractivity (Wildman–Crippen MR) is 82.5 cm³/mol. The summed E-state index contributed by atoms with van der Waals surface area (Å²) >= 11 is 1.34. The zero-order valence-corrected chi connectivity index (χ0v) is 12.9. The Labute approximate surface area is 121 Å². The lowest BCUT2D eigenvalue weighted by atomic mass is 9.96. The van der Waals surface area contributed by atoms with E-state index in [1.807, 2.05) is 0 Å². The summed E-state index contributed by atoms with van der Waals surface area (Å²) in [6.45, 7) is 7.27. The Morgan fingerprint density at radius 3 is 2.74 bits per heavy atom. The number of benzene rings is 1. The summed E-state index contributed by atoms with van der Waals surface area (Å²) in [6.07, 6.45) is 3.09. The van der Waals surface area contributed by atoms with Crippen molar-refractivity contribution in [2.75, 3.05) is 12.4 Å². The fraction of sp³-hybridized carbons (Fsp3) is 0.562. The van der Waals surface area contributed by atoms with E-state index in [-0.39, 0.29) is 0 Å². The van der Waals surface area contributed by atoms with E-state index in [0.717, 1.165) is 37.4 Å². The van der Waals surface area contributed by atoms with Crippen molar-refractivity contribution >= 4 is 11.8 Å². The molecule has 0 aliphatic carbocycles. The van der Waals surface area contributed by atoms with Crippen molar-refractivity contribution in [2.45, 2.75) is 40.0 Å². The summed E-state index contributed by atoms with van der Waals surface area (Å²) in [6, 6.07) is 6.40. The van der Waals surface area contributed by atoms with Gasteiger partial charge in [0, 0.05) is 5.75 Å². The van der Waals surface area contributed by atoms with E-state index in [2.05, 4.69) is 44.4 Å². The van der Waals surface area contributed by atoms with Crippen LogP contribution in [0.3, 0.4) is 0 Å². The summed E-state index contributed by atoms with van der Waals surface area (Å²) in [7, 11) is 0. The first-order chi connectivity index (χ1) is 9.21. The van der Waals surface area contributed by atoms with Crippen molar-refractivity contribution < 1.29 is 4.74 Å². The van der Waals surface area contributed by atoms with E-state index in [9.17, 15) is 0 Å². The van der Waals surface area contributed by atoms with Gasteiger partial charge in [-0.25, -0.2) is 0 Å². The highest BCUT2D eigenvalue weighted by atomic mass is 32.2. The molecule has 1 rings (SSSR count). The van der Waals surface area contributed by atoms with E-state index in [4.69, 9.17) is 10.00 Å². The maximum Gasteiger partial charge on any atom is 0.133 e. The van der Waals surface area contributed by atoms with Crippen molar-refractivity contribution in [1.82, 2.24) is 0 Å². The van der Waals surface area contributed by atoms with Gasteiger partial charge in [-0.05, 0) is 60.2 Å². The average Bonchev–Trinajstić information content (AvgIpc) is 2.43. The summed E-state index contributed by atoms with van der Waals surface area (Å²) < 4.78 is 5.68.